The number of benzene rings is 1. The molecule has 0 amide bonds. The first-order valence-electron chi connectivity index (χ1n) is 6.14. The first kappa shape index (κ1) is 10.6. The van der Waals surface area contributed by atoms with Crippen LogP contribution in [0.2, 0.25) is 0 Å². The maximum absolute atomic E-state index is 11.0. The minimum absolute atomic E-state index is 0.767. The highest BCUT2D eigenvalue weighted by Crippen LogP contribution is 2.39. The van der Waals surface area contributed by atoms with E-state index in [1.807, 2.05) is 24.3 Å². The molecule has 0 aliphatic heterocycles. The highest BCUT2D eigenvalue weighted by molar-refractivity contribution is 5.40. The summed E-state index contributed by atoms with van der Waals surface area (Å²) in [6.07, 6.45) is 7.27. The lowest BCUT2D eigenvalue weighted by atomic mass is 9.83. The lowest BCUT2D eigenvalue weighted by Crippen LogP contribution is -2.26. The Kier molecular flexibility index (Phi) is 2.52. The predicted molar refractivity (Wildman–Crippen MR) is 65.7 cm³/mol. The monoisotopic (exact) mass is 228 g/mol. The van der Waals surface area contributed by atoms with Gasteiger partial charge in [-0.25, -0.2) is 0 Å². The standard InChI is InChI=1S/C15H16O2/c16-15(13-8-10-17-11-13)9-4-3-6-12-5-1-2-7-14(12)15/h1-2,5,7-8,10-11,16H,3-4,6,9H2. The van der Waals surface area contributed by atoms with Crippen molar-refractivity contribution in [2.45, 2.75) is 31.3 Å². The number of fused-ring (bicyclic) bond motifs is 1. The van der Waals surface area contributed by atoms with Gasteiger partial charge in [-0.2, -0.15) is 0 Å². The smallest absolute Gasteiger partial charge is 0.118 e. The van der Waals surface area contributed by atoms with Crippen LogP contribution in [0.25, 0.3) is 0 Å². The molecule has 17 heavy (non-hydrogen) atoms. The Morgan fingerprint density at radius 1 is 1.12 bits per heavy atom. The molecule has 1 aliphatic carbocycles. The van der Waals surface area contributed by atoms with E-state index in [4.69, 9.17) is 4.42 Å². The zero-order valence-electron chi connectivity index (χ0n) is 9.73. The van der Waals surface area contributed by atoms with E-state index in [-0.39, 0.29) is 0 Å². The number of hydrogen-bond donors (Lipinski definition) is 1. The van der Waals surface area contributed by atoms with E-state index in [1.54, 1.807) is 12.5 Å². The summed E-state index contributed by atoms with van der Waals surface area (Å²) in [6, 6.07) is 10.1. The molecule has 0 radical (unpaired) electrons. The van der Waals surface area contributed by atoms with Crippen molar-refractivity contribution in [3.05, 3.63) is 59.5 Å². The Labute approximate surface area is 101 Å². The molecular weight excluding hydrogens is 212 g/mol. The van der Waals surface area contributed by atoms with Crippen molar-refractivity contribution in [2.75, 3.05) is 0 Å². The van der Waals surface area contributed by atoms with Gasteiger partial charge < -0.3 is 9.52 Å². The minimum atomic E-state index is -0.875. The zero-order valence-corrected chi connectivity index (χ0v) is 9.73. The predicted octanol–water partition coefficient (Wildman–Crippen LogP) is 3.24. The summed E-state index contributed by atoms with van der Waals surface area (Å²) in [6.45, 7) is 0. The molecule has 1 N–H and O–H groups in total. The Bertz CT molecular complexity index is 501. The van der Waals surface area contributed by atoms with Gasteiger partial charge in [-0.05, 0) is 42.9 Å². The molecule has 0 spiro atoms. The summed E-state index contributed by atoms with van der Waals surface area (Å²) in [5, 5.41) is 11.0. The first-order valence-corrected chi connectivity index (χ1v) is 6.14. The van der Waals surface area contributed by atoms with Crippen LogP contribution < -0.4 is 0 Å². The van der Waals surface area contributed by atoms with Crippen molar-refractivity contribution < 1.29 is 9.52 Å². The lowest BCUT2D eigenvalue weighted by Gasteiger charge is -2.27. The van der Waals surface area contributed by atoms with Gasteiger partial charge in [-0.1, -0.05) is 24.3 Å². The molecule has 2 nitrogen and oxygen atoms in total. The summed E-state index contributed by atoms with van der Waals surface area (Å²) >= 11 is 0. The maximum atomic E-state index is 11.0. The Morgan fingerprint density at radius 3 is 2.82 bits per heavy atom. The second kappa shape index (κ2) is 4.04. The number of furan rings is 1. The Balaban J connectivity index is 2.17. The largest absolute Gasteiger partial charge is 0.472 e. The van der Waals surface area contributed by atoms with Crippen molar-refractivity contribution in [2.24, 2.45) is 0 Å². The molecule has 88 valence electrons. The van der Waals surface area contributed by atoms with Crippen molar-refractivity contribution in [3.63, 3.8) is 0 Å². The zero-order chi connectivity index (χ0) is 11.7. The number of rotatable bonds is 1. The van der Waals surface area contributed by atoms with Gasteiger partial charge >= 0.3 is 0 Å². The molecule has 1 aromatic carbocycles. The van der Waals surface area contributed by atoms with E-state index in [1.165, 1.54) is 5.56 Å². The van der Waals surface area contributed by atoms with Crippen LogP contribution in [0.5, 0.6) is 0 Å². The molecular formula is C15H16O2. The van der Waals surface area contributed by atoms with E-state index in [9.17, 15) is 5.11 Å². The summed E-state index contributed by atoms with van der Waals surface area (Å²) < 4.78 is 5.13. The lowest BCUT2D eigenvalue weighted by molar-refractivity contribution is 0.0698. The Hall–Kier alpha value is -1.54. The number of hydrogen-bond acceptors (Lipinski definition) is 2. The molecule has 3 rings (SSSR count). The van der Waals surface area contributed by atoms with Crippen LogP contribution in [-0.2, 0) is 12.0 Å². The van der Waals surface area contributed by atoms with Crippen molar-refractivity contribution in [1.29, 1.82) is 0 Å². The van der Waals surface area contributed by atoms with Gasteiger partial charge in [0.05, 0.1) is 12.5 Å². The molecule has 1 aromatic heterocycles. The number of aliphatic hydroxyl groups is 1. The van der Waals surface area contributed by atoms with Crippen molar-refractivity contribution >= 4 is 0 Å². The van der Waals surface area contributed by atoms with Gasteiger partial charge in [0.25, 0.3) is 0 Å². The van der Waals surface area contributed by atoms with Gasteiger partial charge in [0.1, 0.15) is 5.60 Å². The SMILES string of the molecule is OC1(c2ccoc2)CCCCc2ccccc21. The summed E-state index contributed by atoms with van der Waals surface area (Å²) in [7, 11) is 0. The summed E-state index contributed by atoms with van der Waals surface area (Å²) in [5.41, 5.74) is 2.29. The average molecular weight is 228 g/mol. The first-order chi connectivity index (χ1) is 8.31. The molecule has 2 aromatic rings. The summed E-state index contributed by atoms with van der Waals surface area (Å²) in [4.78, 5) is 0. The van der Waals surface area contributed by atoms with Crippen LogP contribution >= 0.6 is 0 Å². The molecule has 1 atom stereocenters. The van der Waals surface area contributed by atoms with Gasteiger partial charge in [-0.3, -0.25) is 0 Å². The third kappa shape index (κ3) is 1.69. The maximum Gasteiger partial charge on any atom is 0.118 e. The molecule has 0 saturated heterocycles. The molecule has 0 fully saturated rings. The molecule has 0 bridgehead atoms. The van der Waals surface area contributed by atoms with Gasteiger partial charge in [0.2, 0.25) is 0 Å². The minimum Gasteiger partial charge on any atom is -0.472 e. The van der Waals surface area contributed by atoms with Crippen LogP contribution in [0.4, 0.5) is 0 Å². The molecule has 1 aliphatic rings. The summed E-state index contributed by atoms with van der Waals surface area (Å²) in [5.74, 6) is 0. The quantitative estimate of drug-likeness (QED) is 0.760. The molecule has 1 unspecified atom stereocenters. The average Bonchev–Trinajstić information content (AvgIpc) is 2.84. The van der Waals surface area contributed by atoms with Gasteiger partial charge in [0.15, 0.2) is 0 Å². The molecule has 2 heteroatoms. The fraction of sp³-hybridized carbons (Fsp3) is 0.333. The van der Waals surface area contributed by atoms with Crippen LogP contribution in [-0.4, -0.2) is 5.11 Å². The van der Waals surface area contributed by atoms with E-state index in [0.29, 0.717) is 0 Å². The second-order valence-electron chi connectivity index (χ2n) is 4.74. The van der Waals surface area contributed by atoms with Crippen LogP contribution in [0.15, 0.2) is 47.3 Å². The fourth-order valence-electron chi connectivity index (χ4n) is 2.77. The number of aryl methyl sites for hydroxylation is 1. The highest BCUT2D eigenvalue weighted by atomic mass is 16.3. The van der Waals surface area contributed by atoms with Crippen LogP contribution in [0.1, 0.15) is 36.0 Å². The second-order valence-corrected chi connectivity index (χ2v) is 4.74. The highest BCUT2D eigenvalue weighted by Gasteiger charge is 2.35. The third-order valence-electron chi connectivity index (χ3n) is 3.70. The van der Waals surface area contributed by atoms with Gasteiger partial charge in [-0.15, -0.1) is 0 Å². The van der Waals surface area contributed by atoms with E-state index in [0.717, 1.165) is 36.8 Å². The van der Waals surface area contributed by atoms with E-state index >= 15 is 0 Å². The van der Waals surface area contributed by atoms with Crippen molar-refractivity contribution in [1.82, 2.24) is 0 Å². The fourth-order valence-corrected chi connectivity index (χ4v) is 2.77. The van der Waals surface area contributed by atoms with E-state index in [2.05, 4.69) is 6.07 Å². The van der Waals surface area contributed by atoms with Crippen LogP contribution in [0.3, 0.4) is 0 Å². The van der Waals surface area contributed by atoms with Crippen molar-refractivity contribution in [3.8, 4) is 0 Å². The van der Waals surface area contributed by atoms with Gasteiger partial charge in [0, 0.05) is 5.56 Å². The third-order valence-corrected chi connectivity index (χ3v) is 3.70. The van der Waals surface area contributed by atoms with E-state index < -0.39 is 5.60 Å². The molecule has 0 saturated carbocycles. The van der Waals surface area contributed by atoms with Crippen LogP contribution in [0, 0.1) is 0 Å². The topological polar surface area (TPSA) is 33.4 Å². The normalized spacial score (nSPS) is 24.1. The molecule has 1 heterocycles. The Morgan fingerprint density at radius 2 is 2.00 bits per heavy atom.